The average Bonchev–Trinajstić information content (AvgIpc) is 3.01. The summed E-state index contributed by atoms with van der Waals surface area (Å²) in [5, 5.41) is 0. The first-order chi connectivity index (χ1) is 11.8. The van der Waals surface area contributed by atoms with Gasteiger partial charge in [-0.05, 0) is 12.0 Å². The van der Waals surface area contributed by atoms with E-state index in [4.69, 9.17) is 4.74 Å². The molecule has 24 heavy (non-hydrogen) atoms. The summed E-state index contributed by atoms with van der Waals surface area (Å²) < 4.78 is 5.49. The Labute approximate surface area is 146 Å². The Kier molecular flexibility index (Phi) is 5.96. The van der Waals surface area contributed by atoms with Crippen LogP contribution >= 0.6 is 11.3 Å². The number of ether oxygens (including phenoxy) is 1. The average molecular weight is 345 g/mol. The second-order valence-corrected chi connectivity index (χ2v) is 6.92. The lowest BCUT2D eigenvalue weighted by Gasteiger charge is -2.26. The number of amides is 1. The maximum atomic E-state index is 12.9. The molecule has 128 valence electrons. The van der Waals surface area contributed by atoms with Crippen LogP contribution in [0.25, 0.3) is 0 Å². The normalized spacial score (nSPS) is 17.5. The molecule has 1 aromatic carbocycles. The second kappa shape index (κ2) is 8.37. The number of hydrogen-bond donors (Lipinski definition) is 0. The van der Waals surface area contributed by atoms with Gasteiger partial charge < -0.3 is 9.64 Å². The minimum atomic E-state index is -0.515. The number of benzene rings is 1. The van der Waals surface area contributed by atoms with E-state index in [0.29, 0.717) is 0 Å². The third kappa shape index (κ3) is 4.20. The van der Waals surface area contributed by atoms with Crippen LogP contribution in [0.1, 0.15) is 23.0 Å². The SMILES string of the molecule is CO[C@@H](C(=O)N1CCCN(Cc2cncs2)CC1)c1ccccc1. The van der Waals surface area contributed by atoms with Crippen molar-refractivity contribution in [3.63, 3.8) is 0 Å². The molecule has 0 saturated carbocycles. The minimum Gasteiger partial charge on any atom is -0.367 e. The molecule has 1 atom stereocenters. The van der Waals surface area contributed by atoms with Gasteiger partial charge in [0.2, 0.25) is 0 Å². The lowest BCUT2D eigenvalue weighted by atomic mass is 10.1. The quantitative estimate of drug-likeness (QED) is 0.835. The predicted octanol–water partition coefficient (Wildman–Crippen LogP) is 2.57. The van der Waals surface area contributed by atoms with Crippen molar-refractivity contribution in [2.45, 2.75) is 19.1 Å². The molecule has 0 N–H and O–H groups in total. The number of methoxy groups -OCH3 is 1. The molecular formula is C18H23N3O2S. The highest BCUT2D eigenvalue weighted by Gasteiger charge is 2.27. The Morgan fingerprint density at radius 3 is 2.79 bits per heavy atom. The molecule has 6 heteroatoms. The van der Waals surface area contributed by atoms with Crippen molar-refractivity contribution in [3.05, 3.63) is 52.5 Å². The van der Waals surface area contributed by atoms with E-state index in [9.17, 15) is 4.79 Å². The number of nitrogens with zero attached hydrogens (tertiary/aromatic N) is 3. The highest BCUT2D eigenvalue weighted by molar-refractivity contribution is 7.09. The molecule has 1 fully saturated rings. The highest BCUT2D eigenvalue weighted by Crippen LogP contribution is 2.20. The van der Waals surface area contributed by atoms with Gasteiger partial charge in [-0.25, -0.2) is 0 Å². The summed E-state index contributed by atoms with van der Waals surface area (Å²) in [5.41, 5.74) is 2.78. The number of aromatic nitrogens is 1. The van der Waals surface area contributed by atoms with Gasteiger partial charge in [0.05, 0.1) is 5.51 Å². The summed E-state index contributed by atoms with van der Waals surface area (Å²) in [6.07, 6.45) is 2.39. The molecule has 2 heterocycles. The van der Waals surface area contributed by atoms with Crippen LogP contribution in [0.3, 0.4) is 0 Å². The van der Waals surface area contributed by atoms with Gasteiger partial charge in [-0.1, -0.05) is 30.3 Å². The number of thiazole rings is 1. The minimum absolute atomic E-state index is 0.0586. The predicted molar refractivity (Wildman–Crippen MR) is 94.8 cm³/mol. The van der Waals surface area contributed by atoms with Gasteiger partial charge in [-0.15, -0.1) is 11.3 Å². The van der Waals surface area contributed by atoms with E-state index in [-0.39, 0.29) is 5.91 Å². The monoisotopic (exact) mass is 345 g/mol. The van der Waals surface area contributed by atoms with Crippen LogP contribution in [-0.4, -0.2) is 54.0 Å². The van der Waals surface area contributed by atoms with Crippen LogP contribution in [0.15, 0.2) is 42.0 Å². The van der Waals surface area contributed by atoms with E-state index in [1.165, 1.54) is 4.88 Å². The molecule has 0 radical (unpaired) electrons. The lowest BCUT2D eigenvalue weighted by molar-refractivity contribution is -0.142. The van der Waals surface area contributed by atoms with Crippen molar-refractivity contribution in [1.82, 2.24) is 14.8 Å². The number of hydrogen-bond acceptors (Lipinski definition) is 5. The van der Waals surface area contributed by atoms with Crippen molar-refractivity contribution >= 4 is 17.2 Å². The fraction of sp³-hybridized carbons (Fsp3) is 0.444. The van der Waals surface area contributed by atoms with E-state index >= 15 is 0 Å². The zero-order chi connectivity index (χ0) is 16.8. The summed E-state index contributed by atoms with van der Waals surface area (Å²) in [4.78, 5) is 22.6. The van der Waals surface area contributed by atoms with Crippen molar-refractivity contribution < 1.29 is 9.53 Å². The first-order valence-corrected chi connectivity index (χ1v) is 9.12. The molecule has 2 aromatic rings. The van der Waals surface area contributed by atoms with E-state index < -0.39 is 6.10 Å². The van der Waals surface area contributed by atoms with Gasteiger partial charge in [0, 0.05) is 50.9 Å². The Hall–Kier alpha value is -1.76. The Morgan fingerprint density at radius 1 is 1.25 bits per heavy atom. The molecule has 1 aliphatic heterocycles. The van der Waals surface area contributed by atoms with Gasteiger partial charge in [-0.3, -0.25) is 14.7 Å². The summed E-state index contributed by atoms with van der Waals surface area (Å²) in [5.74, 6) is 0.0586. The second-order valence-electron chi connectivity index (χ2n) is 5.95. The molecular weight excluding hydrogens is 322 g/mol. The number of carbonyl (C=O) groups excluding carboxylic acids is 1. The van der Waals surface area contributed by atoms with Crippen LogP contribution in [0.5, 0.6) is 0 Å². The zero-order valence-corrected chi connectivity index (χ0v) is 14.7. The van der Waals surface area contributed by atoms with Crippen molar-refractivity contribution in [1.29, 1.82) is 0 Å². The molecule has 3 rings (SSSR count). The topological polar surface area (TPSA) is 45.7 Å². The third-order valence-electron chi connectivity index (χ3n) is 4.33. The molecule has 0 bridgehead atoms. The number of carbonyl (C=O) groups is 1. The van der Waals surface area contributed by atoms with Crippen LogP contribution < -0.4 is 0 Å². The van der Waals surface area contributed by atoms with Crippen LogP contribution in [0.4, 0.5) is 0 Å². The van der Waals surface area contributed by atoms with E-state index in [1.807, 2.05) is 46.9 Å². The van der Waals surface area contributed by atoms with Crippen LogP contribution in [-0.2, 0) is 16.1 Å². The van der Waals surface area contributed by atoms with Crippen LogP contribution in [0, 0.1) is 0 Å². The first-order valence-electron chi connectivity index (χ1n) is 8.24. The Balaban J connectivity index is 1.61. The standard InChI is InChI=1S/C18H23N3O2S/c1-23-17(15-6-3-2-4-7-15)18(22)21-9-5-8-20(10-11-21)13-16-12-19-14-24-16/h2-4,6-7,12,14,17H,5,8-11,13H2,1H3/t17-/m1/s1. The molecule has 1 aromatic heterocycles. The molecule has 1 aliphatic rings. The fourth-order valence-electron chi connectivity index (χ4n) is 3.06. The Bertz CT molecular complexity index is 633. The van der Waals surface area contributed by atoms with Gasteiger partial charge in [0.25, 0.3) is 5.91 Å². The van der Waals surface area contributed by atoms with Crippen LogP contribution in [0.2, 0.25) is 0 Å². The maximum absolute atomic E-state index is 12.9. The Morgan fingerprint density at radius 2 is 2.08 bits per heavy atom. The van der Waals surface area contributed by atoms with Gasteiger partial charge in [-0.2, -0.15) is 0 Å². The lowest BCUT2D eigenvalue weighted by Crippen LogP contribution is -2.38. The first kappa shape index (κ1) is 17.1. The van der Waals surface area contributed by atoms with Gasteiger partial charge in [0.1, 0.15) is 0 Å². The molecule has 1 amide bonds. The van der Waals surface area contributed by atoms with Gasteiger partial charge >= 0.3 is 0 Å². The van der Waals surface area contributed by atoms with Crippen molar-refractivity contribution in [2.75, 3.05) is 33.3 Å². The molecule has 0 unspecified atom stereocenters. The smallest absolute Gasteiger partial charge is 0.256 e. The molecule has 1 saturated heterocycles. The van der Waals surface area contributed by atoms with Crippen molar-refractivity contribution in [2.24, 2.45) is 0 Å². The molecule has 5 nitrogen and oxygen atoms in total. The van der Waals surface area contributed by atoms with E-state index in [1.54, 1.807) is 18.4 Å². The molecule has 0 spiro atoms. The maximum Gasteiger partial charge on any atom is 0.256 e. The zero-order valence-electron chi connectivity index (χ0n) is 13.9. The fourth-order valence-corrected chi connectivity index (χ4v) is 3.70. The number of rotatable bonds is 5. The summed E-state index contributed by atoms with van der Waals surface area (Å²) >= 11 is 1.68. The van der Waals surface area contributed by atoms with Gasteiger partial charge in [0.15, 0.2) is 6.10 Å². The summed E-state index contributed by atoms with van der Waals surface area (Å²) in [7, 11) is 1.60. The highest BCUT2D eigenvalue weighted by atomic mass is 32.1. The molecule has 0 aliphatic carbocycles. The summed E-state index contributed by atoms with van der Waals surface area (Å²) in [6, 6.07) is 9.71. The third-order valence-corrected chi connectivity index (χ3v) is 5.09. The van der Waals surface area contributed by atoms with E-state index in [0.717, 1.165) is 44.7 Å². The van der Waals surface area contributed by atoms with Crippen molar-refractivity contribution in [3.8, 4) is 0 Å². The summed E-state index contributed by atoms with van der Waals surface area (Å²) in [6.45, 7) is 4.33. The van der Waals surface area contributed by atoms with E-state index in [2.05, 4.69) is 9.88 Å². The largest absolute Gasteiger partial charge is 0.367 e.